The van der Waals surface area contributed by atoms with Crippen molar-refractivity contribution in [1.82, 2.24) is 0 Å². The average Bonchev–Trinajstić information content (AvgIpc) is 2.78. The fraction of sp³-hybridized carbons (Fsp3) is 0.379. The van der Waals surface area contributed by atoms with Crippen molar-refractivity contribution in [3.63, 3.8) is 0 Å². The lowest BCUT2D eigenvalue weighted by Gasteiger charge is -2.25. The molecule has 31 heavy (non-hydrogen) atoms. The smallest absolute Gasteiger partial charge is 0.122 e. The molecule has 0 heterocycles. The first-order valence-corrected chi connectivity index (χ1v) is 11.4. The molecule has 0 spiro atoms. The van der Waals surface area contributed by atoms with Gasteiger partial charge in [0.2, 0.25) is 0 Å². The highest BCUT2D eigenvalue weighted by atomic mass is 16.5. The largest absolute Gasteiger partial charge is 0.489 e. The van der Waals surface area contributed by atoms with Crippen molar-refractivity contribution >= 4 is 0 Å². The Hall–Kier alpha value is -2.58. The van der Waals surface area contributed by atoms with Gasteiger partial charge in [0.05, 0.1) is 0 Å². The zero-order valence-corrected chi connectivity index (χ0v) is 19.4. The Kier molecular flexibility index (Phi) is 8.31. The molecule has 0 saturated carbocycles. The molecule has 0 radical (unpaired) electrons. The van der Waals surface area contributed by atoms with Crippen molar-refractivity contribution in [1.29, 1.82) is 0 Å². The van der Waals surface area contributed by atoms with Gasteiger partial charge in [-0.1, -0.05) is 74.0 Å². The van der Waals surface area contributed by atoms with Gasteiger partial charge in [-0.3, -0.25) is 0 Å². The Balaban J connectivity index is 1.65. The van der Waals surface area contributed by atoms with Crippen molar-refractivity contribution in [2.24, 2.45) is 11.8 Å². The quantitative estimate of drug-likeness (QED) is 0.403. The van der Waals surface area contributed by atoms with Crippen LogP contribution in [-0.4, -0.2) is 11.7 Å². The topological polar surface area (TPSA) is 29.5 Å². The second kappa shape index (κ2) is 11.2. The normalized spacial score (nSPS) is 13.1. The van der Waals surface area contributed by atoms with E-state index >= 15 is 0 Å². The third-order valence-corrected chi connectivity index (χ3v) is 6.47. The van der Waals surface area contributed by atoms with Gasteiger partial charge in [0, 0.05) is 6.61 Å². The summed E-state index contributed by atoms with van der Waals surface area (Å²) in [5.74, 6) is 1.65. The minimum absolute atomic E-state index is 0.225. The van der Waals surface area contributed by atoms with E-state index in [2.05, 4.69) is 76.2 Å². The van der Waals surface area contributed by atoms with Crippen LogP contribution in [-0.2, 0) is 19.4 Å². The van der Waals surface area contributed by atoms with Crippen LogP contribution in [0.5, 0.6) is 5.75 Å². The van der Waals surface area contributed by atoms with Crippen LogP contribution in [0.3, 0.4) is 0 Å². The fourth-order valence-corrected chi connectivity index (χ4v) is 4.30. The van der Waals surface area contributed by atoms with E-state index in [1.165, 1.54) is 27.8 Å². The molecule has 0 aliphatic heterocycles. The van der Waals surface area contributed by atoms with Crippen molar-refractivity contribution < 1.29 is 9.84 Å². The first kappa shape index (κ1) is 23.1. The first-order valence-electron chi connectivity index (χ1n) is 11.4. The summed E-state index contributed by atoms with van der Waals surface area (Å²) in [5.41, 5.74) is 7.62. The Morgan fingerprint density at radius 2 is 1.35 bits per heavy atom. The molecule has 2 nitrogen and oxygen atoms in total. The van der Waals surface area contributed by atoms with Gasteiger partial charge in [-0.25, -0.2) is 0 Å². The van der Waals surface area contributed by atoms with Crippen LogP contribution in [0.15, 0.2) is 66.7 Å². The van der Waals surface area contributed by atoms with Gasteiger partial charge in [0.15, 0.2) is 0 Å². The molecule has 0 unspecified atom stereocenters. The summed E-state index contributed by atoms with van der Waals surface area (Å²) in [5, 5.41) is 10.1. The summed E-state index contributed by atoms with van der Waals surface area (Å²) < 4.78 is 6.04. The van der Waals surface area contributed by atoms with Crippen LogP contribution < -0.4 is 4.74 Å². The number of ether oxygens (including phenoxy) is 1. The van der Waals surface area contributed by atoms with Gasteiger partial charge in [-0.05, 0) is 84.9 Å². The van der Waals surface area contributed by atoms with E-state index in [9.17, 15) is 5.11 Å². The molecule has 0 amide bonds. The zero-order valence-electron chi connectivity index (χ0n) is 19.4. The van der Waals surface area contributed by atoms with E-state index < -0.39 is 0 Å². The second-order valence-electron chi connectivity index (χ2n) is 8.81. The highest BCUT2D eigenvalue weighted by Gasteiger charge is 2.21. The highest BCUT2D eigenvalue weighted by Crippen LogP contribution is 2.28. The van der Waals surface area contributed by atoms with Crippen LogP contribution in [0.4, 0.5) is 0 Å². The minimum Gasteiger partial charge on any atom is -0.489 e. The summed E-state index contributed by atoms with van der Waals surface area (Å²) in [6.45, 7) is 9.46. The Bertz CT molecular complexity index is 962. The molecule has 2 atom stereocenters. The summed E-state index contributed by atoms with van der Waals surface area (Å²) >= 11 is 0. The number of aliphatic hydroxyl groups excluding tert-OH is 1. The van der Waals surface area contributed by atoms with Gasteiger partial charge in [-0.2, -0.15) is 0 Å². The molecule has 0 aliphatic carbocycles. The predicted molar refractivity (Wildman–Crippen MR) is 130 cm³/mol. The van der Waals surface area contributed by atoms with Gasteiger partial charge in [0.25, 0.3) is 0 Å². The number of hydrogen-bond donors (Lipinski definition) is 1. The van der Waals surface area contributed by atoms with Crippen molar-refractivity contribution in [3.05, 3.63) is 100 Å². The van der Waals surface area contributed by atoms with Gasteiger partial charge in [0.1, 0.15) is 12.4 Å². The molecule has 164 valence electrons. The van der Waals surface area contributed by atoms with Crippen LogP contribution in [0.25, 0.3) is 0 Å². The molecule has 3 aromatic rings. The minimum atomic E-state index is 0.225. The van der Waals surface area contributed by atoms with Gasteiger partial charge in [-0.15, -0.1) is 0 Å². The van der Waals surface area contributed by atoms with E-state index in [1.807, 2.05) is 18.2 Å². The molecule has 2 heteroatoms. The van der Waals surface area contributed by atoms with Gasteiger partial charge >= 0.3 is 0 Å². The molecule has 0 fully saturated rings. The van der Waals surface area contributed by atoms with Crippen molar-refractivity contribution in [2.75, 3.05) is 6.61 Å². The molecule has 3 aromatic carbocycles. The van der Waals surface area contributed by atoms with Crippen LogP contribution in [0.1, 0.15) is 46.7 Å². The molecule has 3 rings (SSSR count). The van der Waals surface area contributed by atoms with E-state index in [1.54, 1.807) is 0 Å². The molecule has 1 N–H and O–H groups in total. The monoisotopic (exact) mass is 416 g/mol. The summed E-state index contributed by atoms with van der Waals surface area (Å²) in [6, 6.07) is 23.5. The number of aliphatic hydroxyl groups is 1. The summed E-state index contributed by atoms with van der Waals surface area (Å²) in [4.78, 5) is 0. The van der Waals surface area contributed by atoms with E-state index in [0.29, 0.717) is 12.5 Å². The average molecular weight is 417 g/mol. The lowest BCUT2D eigenvalue weighted by Crippen LogP contribution is -2.22. The Labute approximate surface area is 187 Å². The number of benzene rings is 3. The van der Waals surface area contributed by atoms with Crippen LogP contribution in [0, 0.1) is 32.6 Å². The number of hydrogen-bond acceptors (Lipinski definition) is 2. The first-order chi connectivity index (χ1) is 15.0. The Morgan fingerprint density at radius 1 is 0.710 bits per heavy atom. The molecule has 0 saturated heterocycles. The number of aryl methyl sites for hydroxylation is 3. The van der Waals surface area contributed by atoms with Crippen molar-refractivity contribution in [3.8, 4) is 5.75 Å². The zero-order chi connectivity index (χ0) is 22.2. The molecule has 0 bridgehead atoms. The third-order valence-electron chi connectivity index (χ3n) is 6.47. The standard InChI is InChI=1S/C29H36O2/c1-5-27(28(19-30)18-25-12-11-21(2)22(3)15-25)17-26-13-14-29(23(4)16-26)31-20-24-9-7-6-8-10-24/h6-16,27-28,30H,5,17-20H2,1-4H3/t27-,28+/m1/s1. The summed E-state index contributed by atoms with van der Waals surface area (Å²) in [7, 11) is 0. The lowest BCUT2D eigenvalue weighted by molar-refractivity contribution is 0.170. The maximum absolute atomic E-state index is 10.1. The predicted octanol–water partition coefficient (Wildman–Crippen LogP) is 6.61. The molecule has 0 aliphatic rings. The molecule has 0 aromatic heterocycles. The van der Waals surface area contributed by atoms with Crippen molar-refractivity contribution in [2.45, 2.75) is 53.6 Å². The lowest BCUT2D eigenvalue weighted by atomic mass is 9.81. The Morgan fingerprint density at radius 3 is 1.97 bits per heavy atom. The third kappa shape index (κ3) is 6.45. The highest BCUT2D eigenvalue weighted by molar-refractivity contribution is 5.37. The fourth-order valence-electron chi connectivity index (χ4n) is 4.30. The maximum Gasteiger partial charge on any atom is 0.122 e. The van der Waals surface area contributed by atoms with Gasteiger partial charge < -0.3 is 9.84 Å². The van der Waals surface area contributed by atoms with E-state index in [4.69, 9.17) is 4.74 Å². The molecular formula is C29H36O2. The molecular weight excluding hydrogens is 380 g/mol. The summed E-state index contributed by atoms with van der Waals surface area (Å²) in [6.07, 6.45) is 2.96. The SMILES string of the molecule is CC[C@H](Cc1ccc(OCc2ccccc2)c(C)c1)[C@H](CO)Cc1ccc(C)c(C)c1. The number of rotatable bonds is 10. The van der Waals surface area contributed by atoms with E-state index in [-0.39, 0.29) is 12.5 Å². The van der Waals surface area contributed by atoms with E-state index in [0.717, 1.165) is 30.6 Å². The van der Waals surface area contributed by atoms with Crippen LogP contribution in [0.2, 0.25) is 0 Å². The second-order valence-corrected chi connectivity index (χ2v) is 8.81. The van der Waals surface area contributed by atoms with Crippen LogP contribution >= 0.6 is 0 Å². The maximum atomic E-state index is 10.1.